The van der Waals surface area contributed by atoms with Gasteiger partial charge in [-0.25, -0.2) is 13.1 Å². The number of fused-ring (bicyclic) bond motifs is 1. The molecule has 0 aliphatic carbocycles. The third kappa shape index (κ3) is 4.00. The number of rotatable bonds is 6. The number of pyridine rings is 1. The third-order valence-corrected chi connectivity index (χ3v) is 7.20. The Balaban J connectivity index is 1.73. The molecule has 7 heteroatoms. The van der Waals surface area contributed by atoms with Gasteiger partial charge in [-0.1, -0.05) is 19.1 Å². The summed E-state index contributed by atoms with van der Waals surface area (Å²) in [5.74, 6) is 0. The largest absolute Gasteiger partial charge is 0.322 e. The van der Waals surface area contributed by atoms with Crippen molar-refractivity contribution in [1.29, 1.82) is 0 Å². The van der Waals surface area contributed by atoms with E-state index < -0.39 is 10.0 Å². The summed E-state index contributed by atoms with van der Waals surface area (Å²) in [6.07, 6.45) is 1.15. The van der Waals surface area contributed by atoms with Crippen molar-refractivity contribution in [2.45, 2.75) is 30.9 Å². The van der Waals surface area contributed by atoms with E-state index in [0.29, 0.717) is 16.2 Å². The van der Waals surface area contributed by atoms with Crippen LogP contribution in [0.25, 0.3) is 10.9 Å². The predicted molar refractivity (Wildman–Crippen MR) is 102 cm³/mol. The number of aromatic nitrogens is 1. The summed E-state index contributed by atoms with van der Waals surface area (Å²) in [5, 5.41) is 0.939. The van der Waals surface area contributed by atoms with Crippen molar-refractivity contribution in [1.82, 2.24) is 9.71 Å². The Hall–Kier alpha value is -1.96. The summed E-state index contributed by atoms with van der Waals surface area (Å²) in [6.45, 7) is 4.14. The van der Waals surface area contributed by atoms with Gasteiger partial charge in [0.05, 0.1) is 0 Å². The zero-order valence-electron chi connectivity index (χ0n) is 14.1. The number of sulfonamides is 1. The summed E-state index contributed by atoms with van der Waals surface area (Å²) in [7, 11) is -3.52. The number of aromatic amines is 1. The third-order valence-electron chi connectivity index (χ3n) is 4.02. The van der Waals surface area contributed by atoms with Crippen molar-refractivity contribution in [3.63, 3.8) is 0 Å². The lowest BCUT2D eigenvalue weighted by molar-refractivity contribution is 0.583. The van der Waals surface area contributed by atoms with Crippen LogP contribution in [0.1, 0.15) is 22.9 Å². The van der Waals surface area contributed by atoms with Crippen LogP contribution >= 0.6 is 11.3 Å². The van der Waals surface area contributed by atoms with Gasteiger partial charge >= 0.3 is 0 Å². The summed E-state index contributed by atoms with van der Waals surface area (Å²) >= 11 is 1.27. The molecule has 0 amide bonds. The van der Waals surface area contributed by atoms with Crippen LogP contribution in [-0.2, 0) is 22.9 Å². The number of hydrogen-bond donors (Lipinski definition) is 2. The van der Waals surface area contributed by atoms with Crippen LogP contribution in [0.15, 0.2) is 45.4 Å². The Bertz CT molecular complexity index is 1070. The lowest BCUT2D eigenvalue weighted by atomic mass is 10.1. The Morgan fingerprint density at radius 1 is 1.16 bits per heavy atom. The zero-order valence-corrected chi connectivity index (χ0v) is 15.8. The molecule has 2 heterocycles. The number of thiophene rings is 1. The number of benzene rings is 1. The van der Waals surface area contributed by atoms with E-state index in [1.807, 2.05) is 44.2 Å². The molecular formula is C18H20N2O3S2. The highest BCUT2D eigenvalue weighted by Gasteiger charge is 2.16. The maximum Gasteiger partial charge on any atom is 0.251 e. The Kier molecular flexibility index (Phi) is 5.08. The molecule has 132 valence electrons. The fraction of sp³-hybridized carbons (Fsp3) is 0.278. The van der Waals surface area contributed by atoms with Gasteiger partial charge in [0.15, 0.2) is 0 Å². The van der Waals surface area contributed by atoms with Crippen molar-refractivity contribution in [2.24, 2.45) is 0 Å². The van der Waals surface area contributed by atoms with Gasteiger partial charge in [-0.2, -0.15) is 0 Å². The first-order chi connectivity index (χ1) is 11.9. The van der Waals surface area contributed by atoms with Gasteiger partial charge in [0, 0.05) is 22.5 Å². The molecule has 0 fully saturated rings. The smallest absolute Gasteiger partial charge is 0.251 e. The molecule has 0 saturated heterocycles. The van der Waals surface area contributed by atoms with E-state index in [4.69, 9.17) is 0 Å². The monoisotopic (exact) mass is 376 g/mol. The van der Waals surface area contributed by atoms with Gasteiger partial charge in [0.1, 0.15) is 4.21 Å². The molecule has 25 heavy (non-hydrogen) atoms. The van der Waals surface area contributed by atoms with Crippen molar-refractivity contribution in [2.75, 3.05) is 6.54 Å². The molecule has 0 aliphatic rings. The van der Waals surface area contributed by atoms with Crippen LogP contribution in [0.3, 0.4) is 0 Å². The fourth-order valence-corrected chi connectivity index (χ4v) is 5.00. The quantitative estimate of drug-likeness (QED) is 0.694. The Morgan fingerprint density at radius 3 is 2.68 bits per heavy atom. The van der Waals surface area contributed by atoms with Crippen molar-refractivity contribution >= 4 is 32.3 Å². The normalized spacial score (nSPS) is 11.9. The Morgan fingerprint density at radius 2 is 1.96 bits per heavy atom. The molecular weight excluding hydrogens is 356 g/mol. The van der Waals surface area contributed by atoms with Gasteiger partial charge in [-0.15, -0.1) is 11.3 Å². The van der Waals surface area contributed by atoms with E-state index in [1.54, 1.807) is 6.07 Å². The van der Waals surface area contributed by atoms with Crippen LogP contribution in [0.5, 0.6) is 0 Å². The molecule has 2 N–H and O–H groups in total. The molecule has 0 atom stereocenters. The maximum absolute atomic E-state index is 12.3. The molecule has 3 rings (SSSR count). The molecule has 5 nitrogen and oxygen atoms in total. The van der Waals surface area contributed by atoms with Crippen LogP contribution in [0.2, 0.25) is 0 Å². The SMILES string of the molecule is CCc1ccc(S(=O)(=O)NCCc2cc3ccc(C)cc3[nH]c2=O)s1. The van der Waals surface area contributed by atoms with E-state index in [1.165, 1.54) is 11.3 Å². The number of H-pyrrole nitrogens is 1. The predicted octanol–water partition coefficient (Wildman–Crippen LogP) is 2.98. The minimum atomic E-state index is -3.52. The van der Waals surface area contributed by atoms with Crippen molar-refractivity contribution in [3.8, 4) is 0 Å². The van der Waals surface area contributed by atoms with E-state index in [2.05, 4.69) is 9.71 Å². The summed E-state index contributed by atoms with van der Waals surface area (Å²) in [6, 6.07) is 11.1. The van der Waals surface area contributed by atoms with Crippen LogP contribution in [0, 0.1) is 6.92 Å². The lowest BCUT2D eigenvalue weighted by Gasteiger charge is -2.06. The minimum Gasteiger partial charge on any atom is -0.322 e. The highest BCUT2D eigenvalue weighted by molar-refractivity contribution is 7.91. The minimum absolute atomic E-state index is 0.179. The van der Waals surface area contributed by atoms with Crippen LogP contribution < -0.4 is 10.3 Å². The van der Waals surface area contributed by atoms with Gasteiger partial charge in [0.2, 0.25) is 10.0 Å². The van der Waals surface area contributed by atoms with E-state index in [9.17, 15) is 13.2 Å². The topological polar surface area (TPSA) is 79.0 Å². The first-order valence-corrected chi connectivity index (χ1v) is 10.4. The van der Waals surface area contributed by atoms with Gasteiger partial charge in [0.25, 0.3) is 5.56 Å². The number of nitrogens with one attached hydrogen (secondary N) is 2. The Labute approximate surface area is 150 Å². The second-order valence-electron chi connectivity index (χ2n) is 5.94. The molecule has 1 aromatic carbocycles. The molecule has 0 unspecified atom stereocenters. The molecule has 3 aromatic rings. The molecule has 2 aromatic heterocycles. The molecule has 0 aliphatic heterocycles. The van der Waals surface area contributed by atoms with Gasteiger partial charge in [-0.3, -0.25) is 4.79 Å². The molecule has 0 radical (unpaired) electrons. The summed E-state index contributed by atoms with van der Waals surface area (Å²) < 4.78 is 27.5. The van der Waals surface area contributed by atoms with Crippen molar-refractivity contribution in [3.05, 3.63) is 62.8 Å². The highest BCUT2D eigenvalue weighted by Crippen LogP contribution is 2.21. The molecule has 0 spiro atoms. The first-order valence-electron chi connectivity index (χ1n) is 8.10. The van der Waals surface area contributed by atoms with Crippen LogP contribution in [0.4, 0.5) is 0 Å². The number of hydrogen-bond acceptors (Lipinski definition) is 4. The van der Waals surface area contributed by atoms with E-state index >= 15 is 0 Å². The second kappa shape index (κ2) is 7.11. The lowest BCUT2D eigenvalue weighted by Crippen LogP contribution is -2.27. The molecule has 0 bridgehead atoms. The summed E-state index contributed by atoms with van der Waals surface area (Å²) in [4.78, 5) is 16.1. The summed E-state index contributed by atoms with van der Waals surface area (Å²) in [5.41, 5.74) is 2.26. The standard InChI is InChI=1S/C18H20N2O3S2/c1-3-15-6-7-17(24-15)25(22,23)19-9-8-14-11-13-5-4-12(2)10-16(13)20-18(14)21/h4-7,10-11,19H,3,8-9H2,1-2H3,(H,20,21). The van der Waals surface area contributed by atoms with E-state index in [-0.39, 0.29) is 12.1 Å². The van der Waals surface area contributed by atoms with Crippen molar-refractivity contribution < 1.29 is 8.42 Å². The maximum atomic E-state index is 12.3. The molecule has 0 saturated carbocycles. The zero-order chi connectivity index (χ0) is 18.0. The number of aryl methyl sites for hydroxylation is 2. The first kappa shape index (κ1) is 17.8. The van der Waals surface area contributed by atoms with Gasteiger partial charge < -0.3 is 4.98 Å². The highest BCUT2D eigenvalue weighted by atomic mass is 32.2. The van der Waals surface area contributed by atoms with Gasteiger partial charge in [-0.05, 0) is 55.0 Å². The average molecular weight is 377 g/mol. The van der Waals surface area contributed by atoms with Crippen LogP contribution in [-0.4, -0.2) is 19.9 Å². The second-order valence-corrected chi connectivity index (χ2v) is 9.10. The van der Waals surface area contributed by atoms with E-state index in [0.717, 1.165) is 27.8 Å². The average Bonchev–Trinajstić information content (AvgIpc) is 3.05. The fourth-order valence-electron chi connectivity index (χ4n) is 2.63.